The topological polar surface area (TPSA) is 21.6 Å². The molecule has 1 saturated carbocycles. The van der Waals surface area contributed by atoms with Crippen LogP contribution in [0.15, 0.2) is 40.2 Å². The smallest absolute Gasteiger partial charge is 0.250 e. The third-order valence-electron chi connectivity index (χ3n) is 3.08. The molecule has 3 heteroatoms. The molecular weight excluding hydrogens is 242 g/mol. The molecule has 0 spiro atoms. The standard InChI is InChI=1S/C15H21NOS/c1-2-17-15(16-13-9-5-3-6-10-13)18-14-11-7-4-8-12-14/h4,7-8,11-13H,2-3,5-6,9-10H2,1H3. The van der Waals surface area contributed by atoms with Gasteiger partial charge in [0.1, 0.15) is 0 Å². The summed E-state index contributed by atoms with van der Waals surface area (Å²) in [5, 5.41) is 0.829. The first-order chi connectivity index (χ1) is 8.88. The van der Waals surface area contributed by atoms with Crippen LogP contribution in [0.2, 0.25) is 0 Å². The highest BCUT2D eigenvalue weighted by Crippen LogP contribution is 2.25. The summed E-state index contributed by atoms with van der Waals surface area (Å²) in [5.74, 6) is 0. The quantitative estimate of drug-likeness (QED) is 0.455. The number of nitrogens with zero attached hydrogens (tertiary/aromatic N) is 1. The van der Waals surface area contributed by atoms with Crippen LogP contribution in [0.3, 0.4) is 0 Å². The monoisotopic (exact) mass is 263 g/mol. The van der Waals surface area contributed by atoms with Crippen molar-refractivity contribution in [3.63, 3.8) is 0 Å². The minimum Gasteiger partial charge on any atom is -0.473 e. The fourth-order valence-corrected chi connectivity index (χ4v) is 3.04. The summed E-state index contributed by atoms with van der Waals surface area (Å²) in [7, 11) is 0. The van der Waals surface area contributed by atoms with Gasteiger partial charge in [-0.1, -0.05) is 37.5 Å². The Bertz CT molecular complexity index is 371. The van der Waals surface area contributed by atoms with Crippen LogP contribution < -0.4 is 0 Å². The van der Waals surface area contributed by atoms with Gasteiger partial charge in [-0.25, -0.2) is 4.99 Å². The normalized spacial score (nSPS) is 17.7. The van der Waals surface area contributed by atoms with Crippen LogP contribution in [-0.4, -0.2) is 17.9 Å². The summed E-state index contributed by atoms with van der Waals surface area (Å²) >= 11 is 1.63. The molecule has 0 saturated heterocycles. The number of benzene rings is 1. The number of thioether (sulfide) groups is 1. The molecule has 0 atom stereocenters. The molecule has 0 aliphatic heterocycles. The fourth-order valence-electron chi connectivity index (χ4n) is 2.17. The van der Waals surface area contributed by atoms with Crippen LogP contribution in [0.25, 0.3) is 0 Å². The Morgan fingerprint density at radius 1 is 1.22 bits per heavy atom. The average molecular weight is 263 g/mol. The van der Waals surface area contributed by atoms with Gasteiger partial charge >= 0.3 is 0 Å². The molecule has 2 nitrogen and oxygen atoms in total. The predicted molar refractivity (Wildman–Crippen MR) is 78.2 cm³/mol. The van der Waals surface area contributed by atoms with Crippen molar-refractivity contribution in [3.05, 3.63) is 30.3 Å². The Morgan fingerprint density at radius 3 is 2.61 bits per heavy atom. The predicted octanol–water partition coefficient (Wildman–Crippen LogP) is 4.50. The molecule has 1 aromatic carbocycles. The van der Waals surface area contributed by atoms with E-state index in [0.29, 0.717) is 12.6 Å². The molecule has 0 radical (unpaired) electrons. The largest absolute Gasteiger partial charge is 0.473 e. The second kappa shape index (κ2) is 7.47. The summed E-state index contributed by atoms with van der Waals surface area (Å²) in [6, 6.07) is 10.8. The van der Waals surface area contributed by atoms with E-state index in [0.717, 1.165) is 5.23 Å². The molecule has 1 aliphatic carbocycles. The number of rotatable bonds is 3. The molecular formula is C15H21NOS. The molecule has 1 fully saturated rings. The van der Waals surface area contributed by atoms with Gasteiger partial charge in [0.25, 0.3) is 5.23 Å². The molecule has 1 aliphatic rings. The van der Waals surface area contributed by atoms with Gasteiger partial charge in [0.2, 0.25) is 0 Å². The van der Waals surface area contributed by atoms with Crippen molar-refractivity contribution in [1.82, 2.24) is 0 Å². The first-order valence-corrected chi connectivity index (χ1v) is 7.63. The lowest BCUT2D eigenvalue weighted by Gasteiger charge is -2.18. The minimum absolute atomic E-state index is 0.469. The van der Waals surface area contributed by atoms with E-state index in [1.807, 2.05) is 25.1 Å². The van der Waals surface area contributed by atoms with Gasteiger partial charge in [-0.05, 0) is 43.7 Å². The van der Waals surface area contributed by atoms with Crippen molar-refractivity contribution in [2.45, 2.75) is 50.0 Å². The zero-order valence-electron chi connectivity index (χ0n) is 11.0. The highest BCUT2D eigenvalue weighted by Gasteiger charge is 2.14. The molecule has 0 N–H and O–H groups in total. The van der Waals surface area contributed by atoms with Crippen LogP contribution in [0.5, 0.6) is 0 Å². The maximum absolute atomic E-state index is 5.66. The van der Waals surface area contributed by atoms with Crippen LogP contribution in [0.4, 0.5) is 0 Å². The van der Waals surface area contributed by atoms with Gasteiger partial charge in [0.15, 0.2) is 0 Å². The third-order valence-corrected chi connectivity index (χ3v) is 3.98. The van der Waals surface area contributed by atoms with E-state index in [-0.39, 0.29) is 0 Å². The summed E-state index contributed by atoms with van der Waals surface area (Å²) in [6.45, 7) is 2.70. The Labute approximate surface area is 114 Å². The van der Waals surface area contributed by atoms with E-state index in [1.54, 1.807) is 11.8 Å². The van der Waals surface area contributed by atoms with Crippen molar-refractivity contribution < 1.29 is 4.74 Å². The van der Waals surface area contributed by atoms with Crippen molar-refractivity contribution >= 4 is 17.0 Å². The Balaban J connectivity index is 2.00. The number of hydrogen-bond acceptors (Lipinski definition) is 3. The lowest BCUT2D eigenvalue weighted by Crippen LogP contribution is -2.13. The van der Waals surface area contributed by atoms with E-state index in [4.69, 9.17) is 9.73 Å². The zero-order valence-corrected chi connectivity index (χ0v) is 11.8. The summed E-state index contributed by atoms with van der Waals surface area (Å²) in [5.41, 5.74) is 0. The highest BCUT2D eigenvalue weighted by molar-refractivity contribution is 8.13. The molecule has 0 bridgehead atoms. The van der Waals surface area contributed by atoms with Crippen molar-refractivity contribution in [2.75, 3.05) is 6.61 Å². The summed E-state index contributed by atoms with van der Waals surface area (Å²) in [4.78, 5) is 5.97. The lowest BCUT2D eigenvalue weighted by molar-refractivity contribution is 0.330. The minimum atomic E-state index is 0.469. The third kappa shape index (κ3) is 4.37. The first-order valence-electron chi connectivity index (χ1n) is 6.82. The molecule has 1 aromatic rings. The van der Waals surface area contributed by atoms with Crippen molar-refractivity contribution in [1.29, 1.82) is 0 Å². The van der Waals surface area contributed by atoms with Crippen LogP contribution in [0.1, 0.15) is 39.0 Å². The van der Waals surface area contributed by atoms with Crippen LogP contribution in [-0.2, 0) is 4.74 Å². The maximum atomic E-state index is 5.66. The Kier molecular flexibility index (Phi) is 5.59. The Hall–Kier alpha value is -0.960. The van der Waals surface area contributed by atoms with Gasteiger partial charge in [0.05, 0.1) is 12.6 Å². The molecule has 2 rings (SSSR count). The number of aliphatic imine (C=N–C) groups is 1. The van der Waals surface area contributed by atoms with E-state index >= 15 is 0 Å². The number of ether oxygens (including phenoxy) is 1. The van der Waals surface area contributed by atoms with E-state index < -0.39 is 0 Å². The van der Waals surface area contributed by atoms with E-state index in [9.17, 15) is 0 Å². The molecule has 98 valence electrons. The maximum Gasteiger partial charge on any atom is 0.250 e. The van der Waals surface area contributed by atoms with Gasteiger partial charge in [-0.15, -0.1) is 0 Å². The first kappa shape index (κ1) is 13.5. The number of hydrogen-bond donors (Lipinski definition) is 0. The second-order valence-electron chi connectivity index (χ2n) is 4.53. The van der Waals surface area contributed by atoms with Gasteiger partial charge in [-0.2, -0.15) is 0 Å². The molecule has 18 heavy (non-hydrogen) atoms. The van der Waals surface area contributed by atoms with Crippen LogP contribution >= 0.6 is 11.8 Å². The SMILES string of the molecule is CCOC(=NC1CCCCC1)Sc1ccccc1. The van der Waals surface area contributed by atoms with E-state index in [2.05, 4.69) is 12.1 Å². The fraction of sp³-hybridized carbons (Fsp3) is 0.533. The van der Waals surface area contributed by atoms with Crippen molar-refractivity contribution in [3.8, 4) is 0 Å². The summed E-state index contributed by atoms with van der Waals surface area (Å²) < 4.78 is 5.66. The molecule has 0 aromatic heterocycles. The lowest BCUT2D eigenvalue weighted by atomic mass is 9.96. The summed E-state index contributed by atoms with van der Waals surface area (Å²) in [6.07, 6.45) is 6.41. The average Bonchev–Trinajstić information content (AvgIpc) is 2.41. The van der Waals surface area contributed by atoms with Gasteiger partial charge < -0.3 is 4.74 Å². The van der Waals surface area contributed by atoms with Crippen LogP contribution in [0, 0.1) is 0 Å². The molecule has 0 heterocycles. The second-order valence-corrected chi connectivity index (χ2v) is 5.56. The highest BCUT2D eigenvalue weighted by atomic mass is 32.2. The molecule has 0 amide bonds. The van der Waals surface area contributed by atoms with Gasteiger partial charge in [0, 0.05) is 4.90 Å². The van der Waals surface area contributed by atoms with Gasteiger partial charge in [-0.3, -0.25) is 0 Å². The van der Waals surface area contributed by atoms with E-state index in [1.165, 1.54) is 37.0 Å². The Morgan fingerprint density at radius 2 is 1.94 bits per heavy atom. The van der Waals surface area contributed by atoms with Crippen molar-refractivity contribution in [2.24, 2.45) is 4.99 Å². The zero-order chi connectivity index (χ0) is 12.6. The molecule has 0 unspecified atom stereocenters.